The third-order valence-corrected chi connectivity index (χ3v) is 3.73. The van der Waals surface area contributed by atoms with Crippen molar-refractivity contribution in [2.75, 3.05) is 0 Å². The van der Waals surface area contributed by atoms with Crippen molar-refractivity contribution in [3.8, 4) is 10.6 Å². The fraction of sp³-hybridized carbons (Fsp3) is 0. The van der Waals surface area contributed by atoms with Gasteiger partial charge in [0, 0.05) is 5.39 Å². The Balaban J connectivity index is 2.27. The van der Waals surface area contributed by atoms with E-state index < -0.39 is 0 Å². The Kier molecular flexibility index (Phi) is 2.21. The third kappa shape index (κ3) is 1.55. The summed E-state index contributed by atoms with van der Waals surface area (Å²) in [6, 6.07) is 7.93. The van der Waals surface area contributed by atoms with E-state index in [1.165, 1.54) is 0 Å². The molecule has 15 heavy (non-hydrogen) atoms. The smallest absolute Gasteiger partial charge is 0.178 e. The molecule has 74 valence electrons. The lowest BCUT2D eigenvalue weighted by Gasteiger charge is -1.89. The van der Waals surface area contributed by atoms with Crippen molar-refractivity contribution in [1.82, 2.24) is 10.2 Å². The van der Waals surface area contributed by atoms with Gasteiger partial charge in [-0.3, -0.25) is 0 Å². The van der Waals surface area contributed by atoms with Crippen LogP contribution in [0.4, 0.5) is 0 Å². The van der Waals surface area contributed by atoms with Crippen LogP contribution in [0, 0.1) is 3.01 Å². The Bertz CT molecular complexity index is 616. The molecular weight excluding hydrogens is 323 g/mol. The van der Waals surface area contributed by atoms with E-state index in [0.29, 0.717) is 0 Å². The van der Waals surface area contributed by atoms with Crippen molar-refractivity contribution in [2.24, 2.45) is 0 Å². The molecule has 0 saturated carbocycles. The molecule has 1 aromatic carbocycles. The molecule has 0 spiro atoms. The quantitative estimate of drug-likeness (QED) is 0.641. The maximum absolute atomic E-state index is 5.45. The molecule has 0 aliphatic rings. The largest absolute Gasteiger partial charge is 0.464 e. The van der Waals surface area contributed by atoms with Gasteiger partial charge in [0.25, 0.3) is 0 Å². The lowest BCUT2D eigenvalue weighted by atomic mass is 10.2. The number of para-hydroxylation sites is 1. The first kappa shape index (κ1) is 9.29. The molecule has 0 amide bonds. The van der Waals surface area contributed by atoms with Gasteiger partial charge < -0.3 is 4.42 Å². The molecule has 2 heterocycles. The van der Waals surface area contributed by atoms with Gasteiger partial charge in [-0.05, 0) is 28.7 Å². The first-order valence-electron chi connectivity index (χ1n) is 4.30. The fourth-order valence-corrected chi connectivity index (χ4v) is 2.78. The molecule has 0 radical (unpaired) electrons. The zero-order valence-corrected chi connectivity index (χ0v) is 10.4. The van der Waals surface area contributed by atoms with Crippen LogP contribution in [-0.2, 0) is 0 Å². The third-order valence-electron chi connectivity index (χ3n) is 2.11. The van der Waals surface area contributed by atoms with Crippen LogP contribution in [0.3, 0.4) is 0 Å². The highest BCUT2D eigenvalue weighted by molar-refractivity contribution is 14.1. The van der Waals surface area contributed by atoms with Gasteiger partial charge in [-0.1, -0.05) is 29.5 Å². The molecule has 2 aromatic heterocycles. The standard InChI is InChI=1S/C10H5IN2OS/c11-10-13-12-9(15-10)7-5-14-8-4-2-1-3-6(7)8/h1-5H. The highest BCUT2D eigenvalue weighted by atomic mass is 127. The van der Waals surface area contributed by atoms with E-state index in [0.717, 1.165) is 24.6 Å². The first-order valence-corrected chi connectivity index (χ1v) is 6.20. The van der Waals surface area contributed by atoms with Gasteiger partial charge in [0.05, 0.1) is 5.56 Å². The van der Waals surface area contributed by atoms with Crippen LogP contribution in [-0.4, -0.2) is 10.2 Å². The molecule has 0 aliphatic heterocycles. The van der Waals surface area contributed by atoms with Crippen molar-refractivity contribution >= 4 is 44.9 Å². The number of rotatable bonds is 1. The summed E-state index contributed by atoms with van der Waals surface area (Å²) < 4.78 is 6.39. The SMILES string of the molecule is Ic1nnc(-c2coc3ccccc23)s1. The van der Waals surface area contributed by atoms with Crippen molar-refractivity contribution in [3.63, 3.8) is 0 Å². The van der Waals surface area contributed by atoms with Crippen LogP contribution in [0.25, 0.3) is 21.5 Å². The number of halogens is 1. The molecule has 0 atom stereocenters. The normalized spacial score (nSPS) is 11.0. The molecule has 0 aliphatic carbocycles. The van der Waals surface area contributed by atoms with Gasteiger partial charge in [0.1, 0.15) is 11.8 Å². The summed E-state index contributed by atoms with van der Waals surface area (Å²) in [6.07, 6.45) is 1.74. The number of benzene rings is 1. The predicted molar refractivity (Wildman–Crippen MR) is 67.8 cm³/mol. The molecule has 0 N–H and O–H groups in total. The number of furan rings is 1. The highest BCUT2D eigenvalue weighted by Gasteiger charge is 2.11. The summed E-state index contributed by atoms with van der Waals surface area (Å²) in [7, 11) is 0. The number of aromatic nitrogens is 2. The summed E-state index contributed by atoms with van der Waals surface area (Å²) in [5, 5.41) is 10.1. The van der Waals surface area contributed by atoms with Gasteiger partial charge in [-0.2, -0.15) is 0 Å². The Hall–Kier alpha value is -0.950. The van der Waals surface area contributed by atoms with E-state index in [-0.39, 0.29) is 0 Å². The van der Waals surface area contributed by atoms with Crippen LogP contribution in [0.15, 0.2) is 34.9 Å². The molecule has 3 nitrogen and oxygen atoms in total. The van der Waals surface area contributed by atoms with E-state index in [4.69, 9.17) is 4.42 Å². The number of fused-ring (bicyclic) bond motifs is 1. The summed E-state index contributed by atoms with van der Waals surface area (Å²) >= 11 is 3.73. The van der Waals surface area contributed by atoms with Crippen LogP contribution in [0.2, 0.25) is 0 Å². The van der Waals surface area contributed by atoms with Crippen LogP contribution in [0.1, 0.15) is 0 Å². The van der Waals surface area contributed by atoms with Crippen molar-refractivity contribution in [2.45, 2.75) is 0 Å². The van der Waals surface area contributed by atoms with Gasteiger partial charge >= 0.3 is 0 Å². The summed E-state index contributed by atoms with van der Waals surface area (Å²) in [6.45, 7) is 0. The van der Waals surface area contributed by atoms with Gasteiger partial charge in [0.2, 0.25) is 0 Å². The Morgan fingerprint density at radius 2 is 2.07 bits per heavy atom. The maximum Gasteiger partial charge on any atom is 0.178 e. The predicted octanol–water partition coefficient (Wildman–Crippen LogP) is 3.56. The second kappa shape index (κ2) is 3.57. The van der Waals surface area contributed by atoms with Crippen LogP contribution >= 0.6 is 33.9 Å². The van der Waals surface area contributed by atoms with E-state index in [2.05, 4.69) is 32.8 Å². The summed E-state index contributed by atoms with van der Waals surface area (Å²) in [5.74, 6) is 0. The second-order valence-electron chi connectivity index (χ2n) is 3.01. The average molecular weight is 328 g/mol. The molecule has 0 unspecified atom stereocenters. The maximum atomic E-state index is 5.45. The van der Waals surface area contributed by atoms with Crippen LogP contribution < -0.4 is 0 Å². The van der Waals surface area contributed by atoms with E-state index in [9.17, 15) is 0 Å². The highest BCUT2D eigenvalue weighted by Crippen LogP contribution is 2.32. The summed E-state index contributed by atoms with van der Waals surface area (Å²) in [4.78, 5) is 0. The molecule has 5 heteroatoms. The fourth-order valence-electron chi connectivity index (χ4n) is 1.46. The monoisotopic (exact) mass is 328 g/mol. The molecule has 0 saturated heterocycles. The minimum Gasteiger partial charge on any atom is -0.464 e. The lowest BCUT2D eigenvalue weighted by Crippen LogP contribution is -1.73. The van der Waals surface area contributed by atoms with Gasteiger partial charge in [-0.25, -0.2) is 0 Å². The lowest BCUT2D eigenvalue weighted by molar-refractivity contribution is 0.617. The summed E-state index contributed by atoms with van der Waals surface area (Å²) in [5.41, 5.74) is 1.91. The molecule has 0 fully saturated rings. The van der Waals surface area contributed by atoms with E-state index >= 15 is 0 Å². The average Bonchev–Trinajstić information content (AvgIpc) is 2.83. The van der Waals surface area contributed by atoms with Gasteiger partial charge in [0.15, 0.2) is 8.02 Å². The Morgan fingerprint density at radius 3 is 2.87 bits per heavy atom. The zero-order valence-electron chi connectivity index (χ0n) is 7.48. The van der Waals surface area contributed by atoms with Crippen molar-refractivity contribution in [1.29, 1.82) is 0 Å². The number of hydrogen-bond acceptors (Lipinski definition) is 4. The van der Waals surface area contributed by atoms with Crippen LogP contribution in [0.5, 0.6) is 0 Å². The molecule has 3 rings (SSSR count). The van der Waals surface area contributed by atoms with E-state index in [1.807, 2.05) is 24.3 Å². The minimum atomic E-state index is 0.887. The molecular formula is C10H5IN2OS. The van der Waals surface area contributed by atoms with Crippen molar-refractivity contribution < 1.29 is 4.42 Å². The second-order valence-corrected chi connectivity index (χ2v) is 5.74. The van der Waals surface area contributed by atoms with Gasteiger partial charge in [-0.15, -0.1) is 10.2 Å². The van der Waals surface area contributed by atoms with E-state index in [1.54, 1.807) is 17.6 Å². The number of hydrogen-bond donors (Lipinski definition) is 0. The zero-order chi connectivity index (χ0) is 10.3. The molecule has 0 bridgehead atoms. The minimum absolute atomic E-state index is 0.887. The Morgan fingerprint density at radius 1 is 1.20 bits per heavy atom. The first-order chi connectivity index (χ1) is 7.34. The topological polar surface area (TPSA) is 38.9 Å². The molecule has 3 aromatic rings. The Labute approximate surface area is 103 Å². The van der Waals surface area contributed by atoms with Crippen molar-refractivity contribution in [3.05, 3.63) is 33.5 Å². The number of nitrogens with zero attached hydrogens (tertiary/aromatic N) is 2.